The first kappa shape index (κ1) is 13.6. The van der Waals surface area contributed by atoms with Crippen molar-refractivity contribution < 1.29 is 13.9 Å². The molecule has 0 atom stereocenters. The Morgan fingerprint density at radius 1 is 1.32 bits per heavy atom. The summed E-state index contributed by atoms with van der Waals surface area (Å²) in [5.41, 5.74) is 1.63. The van der Waals surface area contributed by atoms with Crippen LogP contribution in [0.1, 0.15) is 30.0 Å². The molecule has 0 fully saturated rings. The van der Waals surface area contributed by atoms with Crippen molar-refractivity contribution in [2.24, 2.45) is 0 Å². The Morgan fingerprint density at radius 2 is 2.05 bits per heavy atom. The monoisotopic (exact) mass is 261 g/mol. The molecule has 1 heterocycles. The normalized spacial score (nSPS) is 11.2. The highest BCUT2D eigenvalue weighted by atomic mass is 16.5. The van der Waals surface area contributed by atoms with Gasteiger partial charge in [-0.05, 0) is 26.6 Å². The molecule has 2 rings (SSSR count). The molecule has 2 aromatic rings. The molecule has 0 aliphatic heterocycles. The van der Waals surface area contributed by atoms with Gasteiger partial charge in [-0.1, -0.05) is 25.1 Å². The zero-order valence-corrected chi connectivity index (χ0v) is 11.6. The third-order valence-corrected chi connectivity index (χ3v) is 3.13. The molecule has 0 aliphatic carbocycles. The maximum Gasteiger partial charge on any atom is 0.374 e. The zero-order valence-electron chi connectivity index (χ0n) is 11.6. The Labute approximate surface area is 112 Å². The maximum absolute atomic E-state index is 12.0. The van der Waals surface area contributed by atoms with Crippen molar-refractivity contribution in [3.63, 3.8) is 0 Å². The van der Waals surface area contributed by atoms with Crippen LogP contribution in [0.15, 0.2) is 28.7 Å². The van der Waals surface area contributed by atoms with E-state index in [0.29, 0.717) is 18.9 Å². The van der Waals surface area contributed by atoms with E-state index in [1.54, 1.807) is 6.92 Å². The van der Waals surface area contributed by atoms with E-state index in [2.05, 4.69) is 11.8 Å². The van der Waals surface area contributed by atoms with Crippen molar-refractivity contribution >= 4 is 16.9 Å². The van der Waals surface area contributed by atoms with Gasteiger partial charge in [-0.25, -0.2) is 4.79 Å². The number of fused-ring (bicyclic) bond motifs is 1. The molecule has 4 heteroatoms. The molecule has 0 N–H and O–H groups in total. The van der Waals surface area contributed by atoms with Crippen LogP contribution in [0, 0.1) is 0 Å². The SMILES string of the molecule is CCOC(=O)c1oc2ccccc2c1CN(C)CC. The summed E-state index contributed by atoms with van der Waals surface area (Å²) in [6.07, 6.45) is 0. The molecular formula is C15H19NO3. The lowest BCUT2D eigenvalue weighted by molar-refractivity contribution is 0.0489. The van der Waals surface area contributed by atoms with Gasteiger partial charge in [0.15, 0.2) is 0 Å². The van der Waals surface area contributed by atoms with E-state index in [1.165, 1.54) is 0 Å². The highest BCUT2D eigenvalue weighted by Gasteiger charge is 2.21. The van der Waals surface area contributed by atoms with Gasteiger partial charge in [-0.2, -0.15) is 0 Å². The summed E-state index contributed by atoms with van der Waals surface area (Å²) in [4.78, 5) is 14.1. The molecule has 0 bridgehead atoms. The lowest BCUT2D eigenvalue weighted by Crippen LogP contribution is -2.18. The Hall–Kier alpha value is -1.81. The van der Waals surface area contributed by atoms with Gasteiger partial charge in [0.2, 0.25) is 5.76 Å². The molecule has 1 aromatic heterocycles. The number of carbonyl (C=O) groups excluding carboxylic acids is 1. The summed E-state index contributed by atoms with van der Waals surface area (Å²) in [6, 6.07) is 7.68. The maximum atomic E-state index is 12.0. The third-order valence-electron chi connectivity index (χ3n) is 3.13. The standard InChI is InChI=1S/C15H19NO3/c1-4-16(3)10-12-11-8-6-7-9-13(11)19-14(12)15(17)18-5-2/h6-9H,4-5,10H2,1-3H3. The predicted octanol–water partition coefficient (Wildman–Crippen LogP) is 3.06. The highest BCUT2D eigenvalue weighted by Crippen LogP contribution is 2.27. The summed E-state index contributed by atoms with van der Waals surface area (Å²) < 4.78 is 10.7. The number of benzene rings is 1. The molecule has 0 saturated carbocycles. The number of para-hydroxylation sites is 1. The second kappa shape index (κ2) is 5.89. The van der Waals surface area contributed by atoms with Gasteiger partial charge in [0.05, 0.1) is 6.61 Å². The van der Waals surface area contributed by atoms with Crippen molar-refractivity contribution in [3.8, 4) is 0 Å². The molecule has 0 amide bonds. The molecule has 4 nitrogen and oxygen atoms in total. The van der Waals surface area contributed by atoms with Gasteiger partial charge >= 0.3 is 5.97 Å². The fourth-order valence-corrected chi connectivity index (χ4v) is 2.00. The summed E-state index contributed by atoms with van der Waals surface area (Å²) in [7, 11) is 2.01. The predicted molar refractivity (Wildman–Crippen MR) is 74.2 cm³/mol. The number of rotatable bonds is 5. The van der Waals surface area contributed by atoms with E-state index < -0.39 is 5.97 Å². The zero-order chi connectivity index (χ0) is 13.8. The molecule has 0 radical (unpaired) electrons. The first-order valence-electron chi connectivity index (χ1n) is 6.53. The van der Waals surface area contributed by atoms with Crippen molar-refractivity contribution in [1.82, 2.24) is 4.90 Å². The summed E-state index contributed by atoms with van der Waals surface area (Å²) in [5, 5.41) is 0.978. The summed E-state index contributed by atoms with van der Waals surface area (Å²) in [6.45, 7) is 5.78. The molecule has 0 saturated heterocycles. The Balaban J connectivity index is 2.48. The van der Waals surface area contributed by atoms with E-state index >= 15 is 0 Å². The molecular weight excluding hydrogens is 242 g/mol. The quantitative estimate of drug-likeness (QED) is 0.776. The van der Waals surface area contributed by atoms with Gasteiger partial charge in [0, 0.05) is 17.5 Å². The topological polar surface area (TPSA) is 42.7 Å². The largest absolute Gasteiger partial charge is 0.460 e. The van der Waals surface area contributed by atoms with Gasteiger partial charge < -0.3 is 14.1 Å². The number of furan rings is 1. The second-order valence-corrected chi connectivity index (χ2v) is 4.46. The molecule has 102 valence electrons. The van der Waals surface area contributed by atoms with Gasteiger partial charge in [0.25, 0.3) is 0 Å². The highest BCUT2D eigenvalue weighted by molar-refractivity contribution is 5.96. The molecule has 19 heavy (non-hydrogen) atoms. The number of carbonyl (C=O) groups is 1. The van der Waals surface area contributed by atoms with Crippen LogP contribution in [0.3, 0.4) is 0 Å². The average molecular weight is 261 g/mol. The molecule has 0 spiro atoms. The number of nitrogens with zero attached hydrogens (tertiary/aromatic N) is 1. The van der Waals surface area contributed by atoms with E-state index in [4.69, 9.17) is 9.15 Å². The fourth-order valence-electron chi connectivity index (χ4n) is 2.00. The van der Waals surface area contributed by atoms with Crippen LogP contribution < -0.4 is 0 Å². The number of esters is 1. The van der Waals surface area contributed by atoms with Crippen LogP contribution in [-0.2, 0) is 11.3 Å². The Kier molecular flexibility index (Phi) is 4.22. The number of hydrogen-bond acceptors (Lipinski definition) is 4. The first-order chi connectivity index (χ1) is 9.17. The third kappa shape index (κ3) is 2.79. The van der Waals surface area contributed by atoms with Crippen LogP contribution in [-0.4, -0.2) is 31.1 Å². The van der Waals surface area contributed by atoms with Crippen molar-refractivity contribution in [1.29, 1.82) is 0 Å². The van der Waals surface area contributed by atoms with Gasteiger partial charge in [0.1, 0.15) is 5.58 Å². The summed E-state index contributed by atoms with van der Waals surface area (Å²) >= 11 is 0. The fraction of sp³-hybridized carbons (Fsp3) is 0.400. The minimum absolute atomic E-state index is 0.323. The van der Waals surface area contributed by atoms with Crippen molar-refractivity contribution in [2.45, 2.75) is 20.4 Å². The Bertz CT molecular complexity index is 574. The lowest BCUT2D eigenvalue weighted by Gasteiger charge is -2.13. The van der Waals surface area contributed by atoms with Gasteiger partial charge in [-0.15, -0.1) is 0 Å². The van der Waals surface area contributed by atoms with Crippen molar-refractivity contribution in [3.05, 3.63) is 35.6 Å². The number of ether oxygens (including phenoxy) is 1. The smallest absolute Gasteiger partial charge is 0.374 e. The van der Waals surface area contributed by atoms with Crippen LogP contribution >= 0.6 is 0 Å². The minimum atomic E-state index is -0.391. The summed E-state index contributed by atoms with van der Waals surface area (Å²) in [5.74, 6) is -0.0680. The van der Waals surface area contributed by atoms with E-state index in [-0.39, 0.29) is 0 Å². The first-order valence-corrected chi connectivity index (χ1v) is 6.53. The minimum Gasteiger partial charge on any atom is -0.460 e. The van der Waals surface area contributed by atoms with Crippen LogP contribution in [0.25, 0.3) is 11.0 Å². The van der Waals surface area contributed by atoms with Crippen LogP contribution in [0.2, 0.25) is 0 Å². The molecule has 0 aliphatic rings. The second-order valence-electron chi connectivity index (χ2n) is 4.46. The average Bonchev–Trinajstić information content (AvgIpc) is 2.78. The Morgan fingerprint density at radius 3 is 2.74 bits per heavy atom. The molecule has 0 unspecified atom stereocenters. The lowest BCUT2D eigenvalue weighted by atomic mass is 10.1. The van der Waals surface area contributed by atoms with Crippen LogP contribution in [0.5, 0.6) is 0 Å². The number of hydrogen-bond donors (Lipinski definition) is 0. The van der Waals surface area contributed by atoms with Crippen molar-refractivity contribution in [2.75, 3.05) is 20.2 Å². The van der Waals surface area contributed by atoms with E-state index in [0.717, 1.165) is 23.1 Å². The van der Waals surface area contributed by atoms with E-state index in [9.17, 15) is 4.79 Å². The van der Waals surface area contributed by atoms with Crippen LogP contribution in [0.4, 0.5) is 0 Å². The molecule has 1 aromatic carbocycles. The van der Waals surface area contributed by atoms with E-state index in [1.807, 2.05) is 31.3 Å². The van der Waals surface area contributed by atoms with Gasteiger partial charge in [-0.3, -0.25) is 0 Å².